The van der Waals surface area contributed by atoms with Gasteiger partial charge in [0.05, 0.1) is 13.7 Å². The van der Waals surface area contributed by atoms with Gasteiger partial charge < -0.3 is 20.9 Å². The van der Waals surface area contributed by atoms with Gasteiger partial charge in [0.1, 0.15) is 5.82 Å². The van der Waals surface area contributed by atoms with Gasteiger partial charge >= 0.3 is 5.97 Å². The maximum absolute atomic E-state index is 11.7. The van der Waals surface area contributed by atoms with Crippen LogP contribution in [0.4, 0.5) is 11.5 Å². The molecule has 0 aliphatic heterocycles. The van der Waals surface area contributed by atoms with Crippen LogP contribution in [0, 0.1) is 0 Å². The number of benzene rings is 1. The minimum absolute atomic E-state index is 0.0469. The summed E-state index contributed by atoms with van der Waals surface area (Å²) >= 11 is 0. The number of ether oxygens (including phenoxy) is 1. The van der Waals surface area contributed by atoms with Crippen molar-refractivity contribution in [3.63, 3.8) is 0 Å². The Morgan fingerprint density at radius 3 is 2.67 bits per heavy atom. The quantitative estimate of drug-likeness (QED) is 0.554. The highest BCUT2D eigenvalue weighted by Gasteiger charge is 2.13. The molecular formula is C14H16N4O3. The Kier molecular flexibility index (Phi) is 4.68. The fourth-order valence-corrected chi connectivity index (χ4v) is 1.69. The highest BCUT2D eigenvalue weighted by molar-refractivity contribution is 5.88. The van der Waals surface area contributed by atoms with Crippen LogP contribution < -0.4 is 11.1 Å². The average Bonchev–Trinajstić information content (AvgIpc) is 2.52. The third-order valence-corrected chi connectivity index (χ3v) is 2.71. The van der Waals surface area contributed by atoms with Gasteiger partial charge in [-0.2, -0.15) is 0 Å². The van der Waals surface area contributed by atoms with E-state index in [1.54, 1.807) is 24.3 Å². The zero-order valence-electron chi connectivity index (χ0n) is 11.5. The van der Waals surface area contributed by atoms with Crippen LogP contribution in [0.25, 0.3) is 11.4 Å². The highest BCUT2D eigenvalue weighted by Crippen LogP contribution is 2.19. The van der Waals surface area contributed by atoms with Crippen LogP contribution in [0.15, 0.2) is 30.3 Å². The van der Waals surface area contributed by atoms with Gasteiger partial charge in [-0.15, -0.1) is 0 Å². The first-order valence-corrected chi connectivity index (χ1v) is 6.32. The molecule has 0 fully saturated rings. The summed E-state index contributed by atoms with van der Waals surface area (Å²) in [5.41, 5.74) is 7.13. The average molecular weight is 288 g/mol. The largest absolute Gasteiger partial charge is 0.464 e. The number of methoxy groups -OCH3 is 1. The Morgan fingerprint density at radius 2 is 2.05 bits per heavy atom. The number of rotatable bonds is 5. The molecule has 0 bridgehead atoms. The fraction of sp³-hybridized carbons (Fsp3) is 0.214. The van der Waals surface area contributed by atoms with E-state index in [4.69, 9.17) is 10.8 Å². The van der Waals surface area contributed by atoms with Gasteiger partial charge in [-0.05, 0) is 24.3 Å². The van der Waals surface area contributed by atoms with Crippen molar-refractivity contribution in [1.29, 1.82) is 0 Å². The predicted molar refractivity (Wildman–Crippen MR) is 78.8 cm³/mol. The molecule has 0 saturated heterocycles. The fourth-order valence-electron chi connectivity index (χ4n) is 1.69. The van der Waals surface area contributed by atoms with Crippen molar-refractivity contribution in [2.45, 2.75) is 0 Å². The van der Waals surface area contributed by atoms with Gasteiger partial charge in [0.25, 0.3) is 0 Å². The van der Waals surface area contributed by atoms with Crippen molar-refractivity contribution in [3.8, 4) is 11.4 Å². The third kappa shape index (κ3) is 3.67. The zero-order valence-corrected chi connectivity index (χ0v) is 11.5. The second kappa shape index (κ2) is 6.67. The minimum Gasteiger partial charge on any atom is -0.464 e. The third-order valence-electron chi connectivity index (χ3n) is 2.71. The molecule has 21 heavy (non-hydrogen) atoms. The van der Waals surface area contributed by atoms with Crippen LogP contribution >= 0.6 is 0 Å². The van der Waals surface area contributed by atoms with Crippen LogP contribution in [-0.4, -0.2) is 41.3 Å². The second-order valence-electron chi connectivity index (χ2n) is 4.23. The maximum atomic E-state index is 11.7. The molecule has 0 atom stereocenters. The normalized spacial score (nSPS) is 10.2. The molecule has 0 saturated carbocycles. The van der Waals surface area contributed by atoms with E-state index in [9.17, 15) is 4.79 Å². The van der Waals surface area contributed by atoms with Crippen molar-refractivity contribution in [1.82, 2.24) is 9.97 Å². The Bertz CT molecular complexity index is 629. The van der Waals surface area contributed by atoms with E-state index in [2.05, 4.69) is 20.0 Å². The van der Waals surface area contributed by atoms with E-state index < -0.39 is 5.97 Å². The molecule has 0 radical (unpaired) electrons. The molecule has 0 aliphatic rings. The van der Waals surface area contributed by atoms with Crippen LogP contribution in [0.5, 0.6) is 0 Å². The Balaban J connectivity index is 2.43. The molecule has 1 aromatic carbocycles. The number of aliphatic hydroxyl groups is 1. The lowest BCUT2D eigenvalue weighted by molar-refractivity contribution is 0.0594. The number of anilines is 2. The monoisotopic (exact) mass is 288 g/mol. The zero-order chi connectivity index (χ0) is 15.2. The van der Waals surface area contributed by atoms with Crippen LogP contribution in [0.1, 0.15) is 10.5 Å². The lowest BCUT2D eigenvalue weighted by atomic mass is 10.2. The topological polar surface area (TPSA) is 110 Å². The summed E-state index contributed by atoms with van der Waals surface area (Å²) < 4.78 is 4.68. The number of nitrogens with one attached hydrogen (secondary N) is 1. The molecule has 7 nitrogen and oxygen atoms in total. The maximum Gasteiger partial charge on any atom is 0.356 e. The van der Waals surface area contributed by atoms with Crippen molar-refractivity contribution < 1.29 is 14.6 Å². The summed E-state index contributed by atoms with van der Waals surface area (Å²) in [4.78, 5) is 20.2. The molecule has 0 spiro atoms. The summed E-state index contributed by atoms with van der Waals surface area (Å²) in [6.45, 7) is 0.271. The molecule has 0 unspecified atom stereocenters. The second-order valence-corrected chi connectivity index (χ2v) is 4.23. The number of hydrogen-bond donors (Lipinski definition) is 3. The molecule has 110 valence electrons. The summed E-state index contributed by atoms with van der Waals surface area (Å²) in [5.74, 6) is 0.255. The highest BCUT2D eigenvalue weighted by atomic mass is 16.5. The lowest BCUT2D eigenvalue weighted by Crippen LogP contribution is -2.11. The number of aromatic nitrogens is 2. The summed E-state index contributed by atoms with van der Waals surface area (Å²) in [6.07, 6.45) is 0. The smallest absolute Gasteiger partial charge is 0.356 e. The number of nitrogens with two attached hydrogens (primary N) is 1. The van der Waals surface area contributed by atoms with E-state index >= 15 is 0 Å². The van der Waals surface area contributed by atoms with Crippen molar-refractivity contribution in [3.05, 3.63) is 36.0 Å². The Hall–Kier alpha value is -2.67. The van der Waals surface area contributed by atoms with Gasteiger partial charge in [0.15, 0.2) is 11.5 Å². The van der Waals surface area contributed by atoms with Crippen LogP contribution in [-0.2, 0) is 4.74 Å². The molecule has 2 rings (SSSR count). The summed E-state index contributed by atoms with van der Waals surface area (Å²) in [5, 5.41) is 11.8. The first kappa shape index (κ1) is 14.7. The van der Waals surface area contributed by atoms with E-state index in [-0.39, 0.29) is 12.3 Å². The Labute approximate surface area is 121 Å². The number of carbonyl (C=O) groups excluding carboxylic acids is 1. The van der Waals surface area contributed by atoms with E-state index in [1.165, 1.54) is 13.2 Å². The number of nitrogen functional groups attached to an aromatic ring is 1. The van der Waals surface area contributed by atoms with Crippen molar-refractivity contribution in [2.75, 3.05) is 31.3 Å². The van der Waals surface area contributed by atoms with Gasteiger partial charge in [0, 0.05) is 23.9 Å². The molecule has 4 N–H and O–H groups in total. The molecule has 1 heterocycles. The molecule has 0 aliphatic carbocycles. The molecule has 0 amide bonds. The van der Waals surface area contributed by atoms with E-state index in [0.29, 0.717) is 23.9 Å². The summed E-state index contributed by atoms with van der Waals surface area (Å²) in [7, 11) is 1.29. The van der Waals surface area contributed by atoms with Gasteiger partial charge in [-0.25, -0.2) is 14.8 Å². The first-order chi connectivity index (χ1) is 10.1. The molecule has 7 heteroatoms. The number of aliphatic hydroxyl groups excluding tert-OH is 1. The SMILES string of the molecule is COC(=O)c1cc(NCCO)nc(-c2ccc(N)cc2)n1. The van der Waals surface area contributed by atoms with Crippen molar-refractivity contribution in [2.24, 2.45) is 0 Å². The van der Waals surface area contributed by atoms with Crippen LogP contribution in [0.2, 0.25) is 0 Å². The van der Waals surface area contributed by atoms with Gasteiger partial charge in [-0.1, -0.05) is 0 Å². The molecular weight excluding hydrogens is 272 g/mol. The van der Waals surface area contributed by atoms with Crippen molar-refractivity contribution >= 4 is 17.5 Å². The summed E-state index contributed by atoms with van der Waals surface area (Å²) in [6, 6.07) is 8.46. The number of carbonyl (C=O) groups is 1. The number of esters is 1. The van der Waals surface area contributed by atoms with Gasteiger partial charge in [0.2, 0.25) is 0 Å². The standard InChI is InChI=1S/C14H16N4O3/c1-21-14(20)11-8-12(16-6-7-19)18-13(17-11)9-2-4-10(15)5-3-9/h2-5,8,19H,6-7,15H2,1H3,(H,16,17,18). The van der Waals surface area contributed by atoms with E-state index in [0.717, 1.165) is 5.56 Å². The predicted octanol–water partition coefficient (Wildman–Crippen LogP) is 0.917. The lowest BCUT2D eigenvalue weighted by Gasteiger charge is -2.08. The van der Waals surface area contributed by atoms with Gasteiger partial charge in [-0.3, -0.25) is 0 Å². The minimum atomic E-state index is -0.554. The Morgan fingerprint density at radius 1 is 1.33 bits per heavy atom. The van der Waals surface area contributed by atoms with Crippen LogP contribution in [0.3, 0.4) is 0 Å². The molecule has 1 aromatic heterocycles. The molecule has 2 aromatic rings. The van der Waals surface area contributed by atoms with E-state index in [1.807, 2.05) is 0 Å². The number of hydrogen-bond acceptors (Lipinski definition) is 7. The number of nitrogens with zero attached hydrogens (tertiary/aromatic N) is 2. The first-order valence-electron chi connectivity index (χ1n) is 6.32.